The molecule has 2 aromatic rings. The molecule has 2 rings (SSSR count). The molecule has 0 atom stereocenters. The Labute approximate surface area is 116 Å². The Morgan fingerprint density at radius 1 is 1.40 bits per heavy atom. The summed E-state index contributed by atoms with van der Waals surface area (Å²) in [5.74, 6) is 5.43. The summed E-state index contributed by atoms with van der Waals surface area (Å²) in [4.78, 5) is 16.1. The zero-order valence-electron chi connectivity index (χ0n) is 10.9. The lowest BCUT2D eigenvalue weighted by molar-refractivity contribution is 0.102. The number of aryl methyl sites for hydroxylation is 1. The molecule has 1 heterocycles. The van der Waals surface area contributed by atoms with Crippen molar-refractivity contribution in [3.05, 3.63) is 47.3 Å². The molecule has 0 fully saturated rings. The maximum Gasteiger partial charge on any atom is 0.259 e. The molecular weight excluding hydrogens is 254 g/mol. The van der Waals surface area contributed by atoms with Crippen LogP contribution in [0.5, 0.6) is 0 Å². The minimum atomic E-state index is -0.331. The van der Waals surface area contributed by atoms with Gasteiger partial charge in [-0.3, -0.25) is 10.1 Å². The summed E-state index contributed by atoms with van der Waals surface area (Å²) in [5, 5.41) is 9.94. The van der Waals surface area contributed by atoms with Gasteiger partial charge in [0.1, 0.15) is 0 Å². The normalized spacial score (nSPS) is 9.50. The predicted molar refractivity (Wildman–Crippen MR) is 74.9 cm³/mol. The van der Waals surface area contributed by atoms with Crippen molar-refractivity contribution < 1.29 is 4.79 Å². The van der Waals surface area contributed by atoms with Crippen LogP contribution in [-0.4, -0.2) is 27.6 Å². The van der Waals surface area contributed by atoms with E-state index < -0.39 is 0 Å². The molecule has 0 saturated heterocycles. The fourth-order valence-electron chi connectivity index (χ4n) is 1.57. The minimum Gasteiger partial charge on any atom is -0.320 e. The molecule has 0 unspecified atom stereocenters. The topological polar surface area (TPSA) is 93.8 Å². The van der Waals surface area contributed by atoms with Crippen molar-refractivity contribution in [1.29, 1.82) is 0 Å². The first kappa shape index (κ1) is 13.6. The Morgan fingerprint density at radius 3 is 2.95 bits per heavy atom. The number of anilines is 1. The van der Waals surface area contributed by atoms with E-state index in [2.05, 4.69) is 32.3 Å². The third kappa shape index (κ3) is 3.37. The number of hydrogen-bond donors (Lipinski definition) is 2. The predicted octanol–water partition coefficient (Wildman–Crippen LogP) is 0.743. The Kier molecular flexibility index (Phi) is 4.37. The van der Waals surface area contributed by atoms with Gasteiger partial charge < -0.3 is 5.73 Å². The maximum absolute atomic E-state index is 12.2. The van der Waals surface area contributed by atoms with Crippen LogP contribution >= 0.6 is 0 Å². The van der Waals surface area contributed by atoms with Gasteiger partial charge in [-0.25, -0.2) is 4.98 Å². The number of nitrogens with one attached hydrogen (secondary N) is 1. The van der Waals surface area contributed by atoms with E-state index in [1.165, 1.54) is 12.4 Å². The largest absolute Gasteiger partial charge is 0.320 e. The second-order valence-electron chi connectivity index (χ2n) is 3.98. The average molecular weight is 267 g/mol. The lowest BCUT2D eigenvalue weighted by Crippen LogP contribution is -2.16. The Morgan fingerprint density at radius 2 is 2.25 bits per heavy atom. The molecule has 0 saturated carbocycles. The molecule has 1 aromatic heterocycles. The van der Waals surface area contributed by atoms with E-state index in [1.54, 1.807) is 12.1 Å². The lowest BCUT2D eigenvalue weighted by atomic mass is 10.0. The van der Waals surface area contributed by atoms with Gasteiger partial charge in [0.05, 0.1) is 24.5 Å². The lowest BCUT2D eigenvalue weighted by Gasteiger charge is -2.06. The van der Waals surface area contributed by atoms with E-state index in [-0.39, 0.29) is 18.4 Å². The molecule has 0 aliphatic rings. The monoisotopic (exact) mass is 267 g/mol. The van der Waals surface area contributed by atoms with Crippen molar-refractivity contribution in [3.63, 3.8) is 0 Å². The van der Waals surface area contributed by atoms with Crippen LogP contribution in [-0.2, 0) is 0 Å². The van der Waals surface area contributed by atoms with Gasteiger partial charge in [0.2, 0.25) is 5.95 Å². The van der Waals surface area contributed by atoms with Crippen LogP contribution in [0, 0.1) is 18.8 Å². The van der Waals surface area contributed by atoms with Crippen LogP contribution in [0.15, 0.2) is 30.6 Å². The molecule has 0 bridgehead atoms. The van der Waals surface area contributed by atoms with Crippen molar-refractivity contribution >= 4 is 11.9 Å². The standard InChI is InChI=1S/C14H13N5O/c1-10-4-5-11(3-2-6-15)12(9-10)13(20)18-14-16-7-8-17-19-14/h4-5,7-9H,6,15H2,1H3,(H,16,18,19,20). The summed E-state index contributed by atoms with van der Waals surface area (Å²) >= 11 is 0. The zero-order valence-corrected chi connectivity index (χ0v) is 10.9. The van der Waals surface area contributed by atoms with Gasteiger partial charge in [0, 0.05) is 5.56 Å². The molecule has 0 radical (unpaired) electrons. The van der Waals surface area contributed by atoms with Crippen LogP contribution in [0.3, 0.4) is 0 Å². The van der Waals surface area contributed by atoms with Gasteiger partial charge in [0.25, 0.3) is 5.91 Å². The number of nitrogens with two attached hydrogens (primary N) is 1. The molecular formula is C14H13N5O. The first-order valence-electron chi connectivity index (χ1n) is 5.95. The smallest absolute Gasteiger partial charge is 0.259 e. The Hall–Kier alpha value is -2.78. The van der Waals surface area contributed by atoms with E-state index in [4.69, 9.17) is 5.73 Å². The SMILES string of the molecule is Cc1ccc(C#CCN)c(C(=O)Nc2nccnn2)c1. The van der Waals surface area contributed by atoms with Crippen molar-refractivity contribution in [2.45, 2.75) is 6.92 Å². The number of rotatable bonds is 2. The van der Waals surface area contributed by atoms with Crippen LogP contribution in [0.4, 0.5) is 5.95 Å². The highest BCUT2D eigenvalue weighted by molar-refractivity contribution is 6.05. The Bertz CT molecular complexity index is 673. The fraction of sp³-hybridized carbons (Fsp3) is 0.143. The summed E-state index contributed by atoms with van der Waals surface area (Å²) in [5.41, 5.74) is 7.38. The molecule has 20 heavy (non-hydrogen) atoms. The zero-order chi connectivity index (χ0) is 14.4. The number of carbonyl (C=O) groups is 1. The highest BCUT2D eigenvalue weighted by Crippen LogP contribution is 2.12. The highest BCUT2D eigenvalue weighted by Gasteiger charge is 2.12. The van der Waals surface area contributed by atoms with Crippen molar-refractivity contribution in [1.82, 2.24) is 15.2 Å². The van der Waals surface area contributed by atoms with Crippen LogP contribution < -0.4 is 11.1 Å². The first-order valence-corrected chi connectivity index (χ1v) is 5.95. The van der Waals surface area contributed by atoms with Gasteiger partial charge in [-0.05, 0) is 19.1 Å². The molecule has 6 heteroatoms. The van der Waals surface area contributed by atoms with Gasteiger partial charge in [-0.1, -0.05) is 23.5 Å². The number of carbonyl (C=O) groups excluding carboxylic acids is 1. The summed E-state index contributed by atoms with van der Waals surface area (Å²) in [6.07, 6.45) is 2.88. The quantitative estimate of drug-likeness (QED) is 0.783. The van der Waals surface area contributed by atoms with E-state index in [9.17, 15) is 4.79 Å². The van der Waals surface area contributed by atoms with Gasteiger partial charge in [-0.15, -0.1) is 5.10 Å². The molecule has 0 aliphatic carbocycles. The summed E-state index contributed by atoms with van der Waals surface area (Å²) in [6.45, 7) is 2.14. The summed E-state index contributed by atoms with van der Waals surface area (Å²) in [6, 6.07) is 5.43. The second kappa shape index (κ2) is 6.41. The average Bonchev–Trinajstić information content (AvgIpc) is 2.47. The minimum absolute atomic E-state index is 0.150. The number of benzene rings is 1. The number of amides is 1. The van der Waals surface area contributed by atoms with E-state index in [1.807, 2.05) is 13.0 Å². The highest BCUT2D eigenvalue weighted by atomic mass is 16.1. The molecule has 1 aromatic carbocycles. The Balaban J connectivity index is 2.31. The molecule has 0 spiro atoms. The number of hydrogen-bond acceptors (Lipinski definition) is 5. The van der Waals surface area contributed by atoms with Crippen LogP contribution in [0.2, 0.25) is 0 Å². The molecule has 0 aliphatic heterocycles. The van der Waals surface area contributed by atoms with Crippen LogP contribution in [0.1, 0.15) is 21.5 Å². The van der Waals surface area contributed by atoms with E-state index >= 15 is 0 Å². The first-order chi connectivity index (χ1) is 9.70. The van der Waals surface area contributed by atoms with Gasteiger partial charge in [-0.2, -0.15) is 5.10 Å². The molecule has 1 amide bonds. The fourth-order valence-corrected chi connectivity index (χ4v) is 1.57. The second-order valence-corrected chi connectivity index (χ2v) is 3.98. The third-order valence-corrected chi connectivity index (χ3v) is 2.45. The van der Waals surface area contributed by atoms with Gasteiger partial charge in [0.15, 0.2) is 0 Å². The van der Waals surface area contributed by atoms with E-state index in [0.717, 1.165) is 5.56 Å². The van der Waals surface area contributed by atoms with Crippen molar-refractivity contribution in [2.75, 3.05) is 11.9 Å². The van der Waals surface area contributed by atoms with Crippen molar-refractivity contribution in [3.8, 4) is 11.8 Å². The summed E-state index contributed by atoms with van der Waals surface area (Å²) in [7, 11) is 0. The third-order valence-electron chi connectivity index (χ3n) is 2.45. The maximum atomic E-state index is 12.2. The summed E-state index contributed by atoms with van der Waals surface area (Å²) < 4.78 is 0. The molecule has 6 nitrogen and oxygen atoms in total. The van der Waals surface area contributed by atoms with E-state index in [0.29, 0.717) is 11.1 Å². The van der Waals surface area contributed by atoms with Crippen LogP contribution in [0.25, 0.3) is 0 Å². The number of nitrogens with zero attached hydrogens (tertiary/aromatic N) is 3. The van der Waals surface area contributed by atoms with Gasteiger partial charge >= 0.3 is 0 Å². The number of aromatic nitrogens is 3. The molecule has 100 valence electrons. The van der Waals surface area contributed by atoms with Crippen molar-refractivity contribution in [2.24, 2.45) is 5.73 Å². The molecule has 3 N–H and O–H groups in total.